The van der Waals surface area contributed by atoms with E-state index in [-0.39, 0.29) is 28.4 Å². The summed E-state index contributed by atoms with van der Waals surface area (Å²) in [7, 11) is 0. The molecule has 0 aliphatic rings. The molecule has 3 aromatic rings. The van der Waals surface area contributed by atoms with Crippen LogP contribution in [0.25, 0.3) is 17.2 Å². The standard InChI is InChI=1S/C20H14F3N3O2/c1-11(27)26-15-10-14(21)18(22)19(23)17(15)13-5-2-12(3-6-13)4-7-16(28)20-24-8-9-25-20/h2-10H,1H3,(H,24,25)(H,26,27)/b7-4+. The molecule has 0 radical (unpaired) electrons. The van der Waals surface area contributed by atoms with E-state index in [9.17, 15) is 22.8 Å². The number of aromatic nitrogens is 2. The Labute approximate surface area is 157 Å². The van der Waals surface area contributed by atoms with Crippen LogP contribution >= 0.6 is 0 Å². The maximum absolute atomic E-state index is 14.3. The molecular weight excluding hydrogens is 371 g/mol. The summed E-state index contributed by atoms with van der Waals surface area (Å²) in [5.41, 5.74) is 0.402. The Balaban J connectivity index is 1.92. The number of nitrogens with one attached hydrogen (secondary N) is 2. The number of allylic oxidation sites excluding steroid dienone is 1. The normalized spacial score (nSPS) is 11.0. The lowest BCUT2D eigenvalue weighted by atomic mass is 10.0. The van der Waals surface area contributed by atoms with Crippen LogP contribution in [0.3, 0.4) is 0 Å². The van der Waals surface area contributed by atoms with Crippen molar-refractivity contribution >= 4 is 23.5 Å². The molecule has 1 heterocycles. The Morgan fingerprint density at radius 3 is 2.43 bits per heavy atom. The summed E-state index contributed by atoms with van der Waals surface area (Å²) in [6.07, 6.45) is 5.83. The van der Waals surface area contributed by atoms with E-state index >= 15 is 0 Å². The molecule has 0 bridgehead atoms. The van der Waals surface area contributed by atoms with E-state index in [1.807, 2.05) is 0 Å². The Bertz CT molecular complexity index is 1060. The van der Waals surface area contributed by atoms with Crippen molar-refractivity contribution in [2.75, 3.05) is 5.32 Å². The zero-order valence-corrected chi connectivity index (χ0v) is 14.6. The monoisotopic (exact) mass is 385 g/mol. The van der Waals surface area contributed by atoms with Gasteiger partial charge in [0, 0.05) is 30.9 Å². The van der Waals surface area contributed by atoms with Crippen LogP contribution in [0, 0.1) is 17.5 Å². The highest BCUT2D eigenvalue weighted by molar-refractivity contribution is 6.04. The maximum Gasteiger partial charge on any atom is 0.221 e. The highest BCUT2D eigenvalue weighted by Gasteiger charge is 2.20. The van der Waals surface area contributed by atoms with Gasteiger partial charge in [-0.15, -0.1) is 0 Å². The quantitative estimate of drug-likeness (QED) is 0.390. The molecule has 5 nitrogen and oxygen atoms in total. The van der Waals surface area contributed by atoms with E-state index in [0.717, 1.165) is 6.07 Å². The third-order valence-electron chi connectivity index (χ3n) is 3.83. The van der Waals surface area contributed by atoms with Crippen LogP contribution in [0.1, 0.15) is 23.1 Å². The number of amides is 1. The van der Waals surface area contributed by atoms with Crippen LogP contribution in [0.5, 0.6) is 0 Å². The largest absolute Gasteiger partial charge is 0.342 e. The number of imidazole rings is 1. The molecule has 0 unspecified atom stereocenters. The van der Waals surface area contributed by atoms with Gasteiger partial charge in [-0.1, -0.05) is 30.3 Å². The molecule has 28 heavy (non-hydrogen) atoms. The van der Waals surface area contributed by atoms with Gasteiger partial charge < -0.3 is 10.3 Å². The summed E-state index contributed by atoms with van der Waals surface area (Å²) in [5, 5.41) is 2.30. The molecule has 8 heteroatoms. The smallest absolute Gasteiger partial charge is 0.221 e. The number of anilines is 1. The van der Waals surface area contributed by atoms with Crippen LogP contribution < -0.4 is 5.32 Å². The maximum atomic E-state index is 14.3. The molecular formula is C20H14F3N3O2. The lowest BCUT2D eigenvalue weighted by molar-refractivity contribution is -0.114. The van der Waals surface area contributed by atoms with E-state index in [1.165, 1.54) is 43.6 Å². The minimum Gasteiger partial charge on any atom is -0.342 e. The fourth-order valence-electron chi connectivity index (χ4n) is 2.58. The molecule has 142 valence electrons. The van der Waals surface area contributed by atoms with Crippen molar-refractivity contribution in [1.82, 2.24) is 9.97 Å². The average Bonchev–Trinajstić information content (AvgIpc) is 3.20. The first kappa shape index (κ1) is 19.1. The number of benzene rings is 2. The Morgan fingerprint density at radius 1 is 1.11 bits per heavy atom. The Hall–Kier alpha value is -3.68. The van der Waals surface area contributed by atoms with Crippen LogP contribution in [-0.4, -0.2) is 21.7 Å². The fraction of sp³-hybridized carbons (Fsp3) is 0.0500. The average molecular weight is 385 g/mol. The third-order valence-corrected chi connectivity index (χ3v) is 3.83. The predicted molar refractivity (Wildman–Crippen MR) is 98.0 cm³/mol. The van der Waals surface area contributed by atoms with E-state index in [1.54, 1.807) is 12.1 Å². The summed E-state index contributed by atoms with van der Waals surface area (Å²) in [5.74, 6) is -5.12. The fourth-order valence-corrected chi connectivity index (χ4v) is 2.58. The summed E-state index contributed by atoms with van der Waals surface area (Å²) in [6, 6.07) is 6.81. The number of halogens is 3. The lowest BCUT2D eigenvalue weighted by Gasteiger charge is -2.13. The molecule has 0 saturated heterocycles. The second kappa shape index (κ2) is 7.91. The van der Waals surface area contributed by atoms with E-state index in [4.69, 9.17) is 0 Å². The molecule has 1 aromatic heterocycles. The first-order chi connectivity index (χ1) is 13.4. The first-order valence-electron chi connectivity index (χ1n) is 8.14. The number of hydrogen-bond donors (Lipinski definition) is 2. The highest BCUT2D eigenvalue weighted by Crippen LogP contribution is 2.34. The summed E-state index contributed by atoms with van der Waals surface area (Å²) in [4.78, 5) is 29.7. The number of ketones is 1. The minimum atomic E-state index is -1.63. The van der Waals surface area contributed by atoms with Crippen LogP contribution in [0.2, 0.25) is 0 Å². The first-order valence-corrected chi connectivity index (χ1v) is 8.14. The highest BCUT2D eigenvalue weighted by atomic mass is 19.2. The van der Waals surface area contributed by atoms with Gasteiger partial charge >= 0.3 is 0 Å². The van der Waals surface area contributed by atoms with Crippen molar-refractivity contribution in [3.8, 4) is 11.1 Å². The molecule has 2 N–H and O–H groups in total. The number of hydrogen-bond acceptors (Lipinski definition) is 3. The molecule has 0 saturated carbocycles. The Kier molecular flexibility index (Phi) is 5.39. The van der Waals surface area contributed by atoms with Gasteiger partial charge in [-0.05, 0) is 17.2 Å². The van der Waals surface area contributed by atoms with Crippen LogP contribution in [0.4, 0.5) is 18.9 Å². The molecule has 0 aliphatic carbocycles. The van der Waals surface area contributed by atoms with Gasteiger partial charge in [0.15, 0.2) is 23.3 Å². The van der Waals surface area contributed by atoms with Crippen molar-refractivity contribution < 1.29 is 22.8 Å². The second-order valence-electron chi connectivity index (χ2n) is 5.85. The van der Waals surface area contributed by atoms with Gasteiger partial charge in [0.05, 0.1) is 5.69 Å². The van der Waals surface area contributed by atoms with E-state index in [0.29, 0.717) is 5.56 Å². The molecule has 0 spiro atoms. The van der Waals surface area contributed by atoms with Gasteiger partial charge in [0.25, 0.3) is 0 Å². The molecule has 2 aromatic carbocycles. The second-order valence-corrected chi connectivity index (χ2v) is 5.85. The van der Waals surface area contributed by atoms with E-state index in [2.05, 4.69) is 15.3 Å². The van der Waals surface area contributed by atoms with Crippen molar-refractivity contribution in [2.45, 2.75) is 6.92 Å². The van der Waals surface area contributed by atoms with Gasteiger partial charge in [0.1, 0.15) is 0 Å². The number of H-pyrrole nitrogens is 1. The SMILES string of the molecule is CC(=O)Nc1cc(F)c(F)c(F)c1-c1ccc(/C=C/C(=O)c2ncc[nH]2)cc1. The molecule has 0 aliphatic heterocycles. The Morgan fingerprint density at radius 2 is 1.82 bits per heavy atom. The van der Waals surface area contributed by atoms with Gasteiger partial charge in [-0.2, -0.15) is 0 Å². The molecule has 1 amide bonds. The summed E-state index contributed by atoms with van der Waals surface area (Å²) < 4.78 is 41.6. The van der Waals surface area contributed by atoms with Crippen LogP contribution in [0.15, 0.2) is 48.8 Å². The molecule has 0 atom stereocenters. The molecule has 0 fully saturated rings. The summed E-state index contributed by atoms with van der Waals surface area (Å²) >= 11 is 0. The lowest BCUT2D eigenvalue weighted by Crippen LogP contribution is -2.09. The minimum absolute atomic E-state index is 0.180. The van der Waals surface area contributed by atoms with Gasteiger partial charge in [-0.3, -0.25) is 9.59 Å². The number of carbonyl (C=O) groups is 2. The van der Waals surface area contributed by atoms with Crippen molar-refractivity contribution in [3.63, 3.8) is 0 Å². The summed E-state index contributed by atoms with van der Waals surface area (Å²) in [6.45, 7) is 1.17. The molecule has 3 rings (SSSR count). The third kappa shape index (κ3) is 4.01. The number of carbonyl (C=O) groups excluding carboxylic acids is 2. The topological polar surface area (TPSA) is 74.8 Å². The zero-order valence-electron chi connectivity index (χ0n) is 14.6. The number of rotatable bonds is 5. The number of aromatic amines is 1. The van der Waals surface area contributed by atoms with Gasteiger partial charge in [0.2, 0.25) is 11.7 Å². The number of nitrogens with zero attached hydrogens (tertiary/aromatic N) is 1. The van der Waals surface area contributed by atoms with Crippen molar-refractivity contribution in [3.05, 3.63) is 77.6 Å². The van der Waals surface area contributed by atoms with Crippen LogP contribution in [-0.2, 0) is 4.79 Å². The van der Waals surface area contributed by atoms with Gasteiger partial charge in [-0.25, -0.2) is 18.2 Å². The predicted octanol–water partition coefficient (Wildman–Crippen LogP) is 4.35. The van der Waals surface area contributed by atoms with Crippen molar-refractivity contribution in [1.29, 1.82) is 0 Å². The van der Waals surface area contributed by atoms with E-state index < -0.39 is 23.4 Å². The zero-order chi connectivity index (χ0) is 20.3. The van der Waals surface area contributed by atoms with Crippen molar-refractivity contribution in [2.24, 2.45) is 0 Å².